The summed E-state index contributed by atoms with van der Waals surface area (Å²) in [4.78, 5) is 12.1. The highest BCUT2D eigenvalue weighted by atomic mass is 16.5. The van der Waals surface area contributed by atoms with Crippen LogP contribution in [0.15, 0.2) is 24.3 Å². The Labute approximate surface area is 161 Å². The van der Waals surface area contributed by atoms with Crippen molar-refractivity contribution in [1.82, 2.24) is 15.1 Å². The Morgan fingerprint density at radius 1 is 1.22 bits per heavy atom. The number of hydrogen-bond donors (Lipinski definition) is 1. The number of benzene rings is 1. The fraction of sp³-hybridized carbons (Fsp3) is 0.524. The molecule has 1 aromatic heterocycles. The maximum Gasteiger partial charge on any atom is 0.220 e. The third-order valence-electron chi connectivity index (χ3n) is 4.42. The van der Waals surface area contributed by atoms with Gasteiger partial charge in [-0.05, 0) is 43.9 Å². The SMILES string of the molecule is COc1ccccc1OCCNC(=O)CCc1c(C)nn(CC(C)C)c1C. The van der Waals surface area contributed by atoms with Crippen LogP contribution in [0.25, 0.3) is 0 Å². The van der Waals surface area contributed by atoms with E-state index in [2.05, 4.69) is 31.2 Å². The minimum Gasteiger partial charge on any atom is -0.493 e. The second kappa shape index (κ2) is 10.00. The van der Waals surface area contributed by atoms with E-state index in [1.807, 2.05) is 35.9 Å². The van der Waals surface area contributed by atoms with Crippen molar-refractivity contribution < 1.29 is 14.3 Å². The molecule has 0 radical (unpaired) electrons. The van der Waals surface area contributed by atoms with Crippen molar-refractivity contribution in [2.45, 2.75) is 47.1 Å². The lowest BCUT2D eigenvalue weighted by molar-refractivity contribution is -0.121. The van der Waals surface area contributed by atoms with Crippen molar-refractivity contribution in [3.05, 3.63) is 41.2 Å². The number of carbonyl (C=O) groups excluding carboxylic acids is 1. The van der Waals surface area contributed by atoms with Crippen LogP contribution in [-0.4, -0.2) is 35.9 Å². The molecule has 2 rings (SSSR count). The molecule has 0 fully saturated rings. The first-order valence-corrected chi connectivity index (χ1v) is 9.47. The van der Waals surface area contributed by atoms with Gasteiger partial charge in [0, 0.05) is 18.7 Å². The first-order valence-electron chi connectivity index (χ1n) is 9.47. The Morgan fingerprint density at radius 3 is 2.59 bits per heavy atom. The van der Waals surface area contributed by atoms with Crippen LogP contribution in [-0.2, 0) is 17.8 Å². The van der Waals surface area contributed by atoms with Crippen LogP contribution in [0.3, 0.4) is 0 Å². The number of amides is 1. The summed E-state index contributed by atoms with van der Waals surface area (Å²) >= 11 is 0. The summed E-state index contributed by atoms with van der Waals surface area (Å²) in [5.41, 5.74) is 3.35. The van der Waals surface area contributed by atoms with E-state index in [0.717, 1.165) is 17.9 Å². The van der Waals surface area contributed by atoms with Gasteiger partial charge in [-0.2, -0.15) is 5.10 Å². The monoisotopic (exact) mass is 373 g/mol. The van der Waals surface area contributed by atoms with E-state index in [9.17, 15) is 4.79 Å². The minimum atomic E-state index is 0.0223. The number of aryl methyl sites for hydroxylation is 1. The third-order valence-corrected chi connectivity index (χ3v) is 4.42. The fourth-order valence-corrected chi connectivity index (χ4v) is 3.04. The van der Waals surface area contributed by atoms with E-state index in [-0.39, 0.29) is 5.91 Å². The van der Waals surface area contributed by atoms with Crippen molar-refractivity contribution in [2.24, 2.45) is 5.92 Å². The average molecular weight is 373 g/mol. The number of ether oxygens (including phenoxy) is 2. The lowest BCUT2D eigenvalue weighted by atomic mass is 10.1. The van der Waals surface area contributed by atoms with Gasteiger partial charge in [-0.25, -0.2) is 0 Å². The zero-order valence-electron chi connectivity index (χ0n) is 17.0. The van der Waals surface area contributed by atoms with E-state index < -0.39 is 0 Å². The van der Waals surface area contributed by atoms with Crippen LogP contribution in [0.1, 0.15) is 37.2 Å². The molecule has 2 aromatic rings. The number of methoxy groups -OCH3 is 1. The first-order chi connectivity index (χ1) is 12.9. The highest BCUT2D eigenvalue weighted by Crippen LogP contribution is 2.25. The highest BCUT2D eigenvalue weighted by Gasteiger charge is 2.13. The molecule has 1 amide bonds. The molecule has 0 atom stereocenters. The first kappa shape index (κ1) is 20.8. The number of para-hydroxylation sites is 2. The van der Waals surface area contributed by atoms with Gasteiger partial charge >= 0.3 is 0 Å². The van der Waals surface area contributed by atoms with Gasteiger partial charge in [-0.15, -0.1) is 0 Å². The smallest absolute Gasteiger partial charge is 0.220 e. The maximum atomic E-state index is 12.1. The standard InChI is InChI=1S/C21H31N3O3/c1-15(2)14-24-17(4)18(16(3)23-24)10-11-21(25)22-12-13-27-20-9-7-6-8-19(20)26-5/h6-9,15H,10-14H2,1-5H3,(H,22,25). The van der Waals surface area contributed by atoms with E-state index in [1.165, 1.54) is 5.56 Å². The highest BCUT2D eigenvalue weighted by molar-refractivity contribution is 5.76. The molecule has 148 valence electrons. The summed E-state index contributed by atoms with van der Waals surface area (Å²) < 4.78 is 13.0. The van der Waals surface area contributed by atoms with Crippen molar-refractivity contribution >= 4 is 5.91 Å². The van der Waals surface area contributed by atoms with Crippen molar-refractivity contribution in [1.29, 1.82) is 0 Å². The van der Waals surface area contributed by atoms with Gasteiger partial charge in [0.1, 0.15) is 6.61 Å². The lowest BCUT2D eigenvalue weighted by Gasteiger charge is -2.11. The van der Waals surface area contributed by atoms with Crippen LogP contribution < -0.4 is 14.8 Å². The molecule has 6 heteroatoms. The maximum absolute atomic E-state index is 12.1. The molecule has 0 spiro atoms. The largest absolute Gasteiger partial charge is 0.493 e. The van der Waals surface area contributed by atoms with Crippen molar-refractivity contribution in [3.63, 3.8) is 0 Å². The van der Waals surface area contributed by atoms with Gasteiger partial charge in [0.15, 0.2) is 11.5 Å². The van der Waals surface area contributed by atoms with Crippen LogP contribution in [0, 0.1) is 19.8 Å². The normalized spacial score (nSPS) is 10.9. The molecule has 1 N–H and O–H groups in total. The van der Waals surface area contributed by atoms with E-state index >= 15 is 0 Å². The van der Waals surface area contributed by atoms with Gasteiger partial charge < -0.3 is 14.8 Å². The summed E-state index contributed by atoms with van der Waals surface area (Å²) in [5.74, 6) is 1.93. The molecular formula is C21H31N3O3. The number of hydrogen-bond acceptors (Lipinski definition) is 4. The number of nitrogens with one attached hydrogen (secondary N) is 1. The fourth-order valence-electron chi connectivity index (χ4n) is 3.04. The minimum absolute atomic E-state index is 0.0223. The second-order valence-electron chi connectivity index (χ2n) is 7.07. The van der Waals surface area contributed by atoms with Gasteiger partial charge in [-0.1, -0.05) is 26.0 Å². The summed E-state index contributed by atoms with van der Waals surface area (Å²) in [7, 11) is 1.61. The Bertz CT molecular complexity index is 753. The average Bonchev–Trinajstić information content (AvgIpc) is 2.89. The van der Waals surface area contributed by atoms with Crippen LogP contribution >= 0.6 is 0 Å². The van der Waals surface area contributed by atoms with Crippen molar-refractivity contribution in [3.8, 4) is 11.5 Å². The summed E-state index contributed by atoms with van der Waals surface area (Å²) in [6.07, 6.45) is 1.15. The number of aromatic nitrogens is 2. The predicted molar refractivity (Wildman–Crippen MR) is 106 cm³/mol. The summed E-state index contributed by atoms with van der Waals surface area (Å²) in [5, 5.41) is 7.51. The van der Waals surface area contributed by atoms with Gasteiger partial charge in [-0.3, -0.25) is 9.48 Å². The topological polar surface area (TPSA) is 65.4 Å². The van der Waals surface area contributed by atoms with Crippen LogP contribution in [0.4, 0.5) is 0 Å². The van der Waals surface area contributed by atoms with Crippen LogP contribution in [0.2, 0.25) is 0 Å². The predicted octanol–water partition coefficient (Wildman–Crippen LogP) is 3.29. The van der Waals surface area contributed by atoms with E-state index in [0.29, 0.717) is 43.4 Å². The van der Waals surface area contributed by atoms with E-state index in [1.54, 1.807) is 7.11 Å². The van der Waals surface area contributed by atoms with Crippen molar-refractivity contribution in [2.75, 3.05) is 20.3 Å². The molecule has 27 heavy (non-hydrogen) atoms. The number of nitrogens with zero attached hydrogens (tertiary/aromatic N) is 2. The molecule has 0 saturated carbocycles. The number of carbonyl (C=O) groups is 1. The molecule has 0 aliphatic rings. The Kier molecular flexibility index (Phi) is 7.70. The van der Waals surface area contributed by atoms with Gasteiger partial charge in [0.05, 0.1) is 19.3 Å². The second-order valence-corrected chi connectivity index (χ2v) is 7.07. The summed E-state index contributed by atoms with van der Waals surface area (Å²) in [6.45, 7) is 10.2. The molecular weight excluding hydrogens is 342 g/mol. The Balaban J connectivity index is 1.76. The molecule has 1 heterocycles. The molecule has 0 unspecified atom stereocenters. The van der Waals surface area contributed by atoms with E-state index in [4.69, 9.17) is 9.47 Å². The molecule has 0 saturated heterocycles. The molecule has 6 nitrogen and oxygen atoms in total. The molecule has 0 bridgehead atoms. The van der Waals surface area contributed by atoms with Crippen LogP contribution in [0.5, 0.6) is 11.5 Å². The molecule has 1 aromatic carbocycles. The zero-order valence-corrected chi connectivity index (χ0v) is 17.0. The zero-order chi connectivity index (χ0) is 19.8. The Morgan fingerprint density at radius 2 is 1.93 bits per heavy atom. The molecule has 0 aliphatic heterocycles. The van der Waals surface area contributed by atoms with Gasteiger partial charge in [0.2, 0.25) is 5.91 Å². The lowest BCUT2D eigenvalue weighted by Crippen LogP contribution is -2.28. The molecule has 0 aliphatic carbocycles. The van der Waals surface area contributed by atoms with Gasteiger partial charge in [0.25, 0.3) is 0 Å². The summed E-state index contributed by atoms with van der Waals surface area (Å²) in [6, 6.07) is 7.47. The Hall–Kier alpha value is -2.50. The quantitative estimate of drug-likeness (QED) is 0.649. The third kappa shape index (κ3) is 6.01. The number of rotatable bonds is 10.